The molecule has 2 aromatic carbocycles. The van der Waals surface area contributed by atoms with E-state index in [9.17, 15) is 4.79 Å². The Labute approximate surface area is 174 Å². The van der Waals surface area contributed by atoms with Gasteiger partial charge in [0.2, 0.25) is 0 Å². The second-order valence-electron chi connectivity index (χ2n) is 9.85. The second kappa shape index (κ2) is 8.17. The monoisotopic (exact) mass is 398 g/mol. The van der Waals surface area contributed by atoms with Crippen molar-refractivity contribution in [2.45, 2.75) is 6.42 Å². The average Bonchev–Trinajstić information content (AvgIpc) is 2.60. The van der Waals surface area contributed by atoms with E-state index in [0.717, 1.165) is 55.8 Å². The van der Waals surface area contributed by atoms with Gasteiger partial charge in [0, 0.05) is 12.0 Å². The Bertz CT molecular complexity index is 892. The fraction of sp³-hybridized carbons (Fsp3) is 0.458. The predicted octanol–water partition coefficient (Wildman–Crippen LogP) is 3.26. The zero-order chi connectivity index (χ0) is 21.2. The number of hydrogen-bond donors (Lipinski definition) is 0. The fourth-order valence-electron chi connectivity index (χ4n) is 3.29. The Morgan fingerprint density at radius 1 is 0.724 bits per heavy atom. The highest BCUT2D eigenvalue weighted by Crippen LogP contribution is 2.37. The zero-order valence-electron chi connectivity index (χ0n) is 18.6. The molecule has 0 N–H and O–H groups in total. The molecule has 0 saturated heterocycles. The van der Waals surface area contributed by atoms with Crippen LogP contribution in [0, 0.1) is 0 Å². The molecule has 2 aromatic rings. The van der Waals surface area contributed by atoms with Gasteiger partial charge < -0.3 is 18.4 Å². The lowest BCUT2D eigenvalue weighted by Gasteiger charge is -2.25. The van der Waals surface area contributed by atoms with Crippen molar-refractivity contribution in [1.82, 2.24) is 0 Å². The first-order valence-electron chi connectivity index (χ1n) is 10.2. The minimum absolute atomic E-state index is 0.132. The quantitative estimate of drug-likeness (QED) is 0.641. The van der Waals surface area contributed by atoms with Gasteiger partial charge in [-0.25, -0.2) is 0 Å². The predicted molar refractivity (Wildman–Crippen MR) is 117 cm³/mol. The molecule has 1 aliphatic carbocycles. The number of ether oxygens (including phenoxy) is 2. The van der Waals surface area contributed by atoms with Crippen LogP contribution >= 0.6 is 0 Å². The number of carbonyl (C=O) groups is 1. The first-order valence-corrected chi connectivity index (χ1v) is 10.2. The van der Waals surface area contributed by atoms with Crippen LogP contribution in [0.5, 0.6) is 11.5 Å². The molecule has 0 aliphatic heterocycles. The number of hydrogen-bond acceptors (Lipinski definition) is 3. The Morgan fingerprint density at radius 3 is 1.79 bits per heavy atom. The van der Waals surface area contributed by atoms with Crippen LogP contribution in [0.25, 0.3) is 11.1 Å². The second-order valence-corrected chi connectivity index (χ2v) is 9.85. The third-order valence-electron chi connectivity index (χ3n) is 5.07. The van der Waals surface area contributed by atoms with Crippen LogP contribution in [0.4, 0.5) is 0 Å². The number of nitrogens with zero attached hydrogens (tertiary/aromatic N) is 2. The maximum absolute atomic E-state index is 12.8. The molecule has 0 unspecified atom stereocenters. The number of rotatable bonds is 8. The van der Waals surface area contributed by atoms with Crippen molar-refractivity contribution in [2.75, 3.05) is 68.6 Å². The van der Waals surface area contributed by atoms with Crippen molar-refractivity contribution in [2.24, 2.45) is 0 Å². The molecule has 3 rings (SSSR count). The summed E-state index contributed by atoms with van der Waals surface area (Å²) in [5, 5.41) is 0. The smallest absolute Gasteiger partial charge is 0.168 e. The molecule has 1 aliphatic rings. The molecule has 0 radical (unpaired) electrons. The third-order valence-corrected chi connectivity index (χ3v) is 5.07. The van der Waals surface area contributed by atoms with Crippen LogP contribution in [0.2, 0.25) is 0 Å². The summed E-state index contributed by atoms with van der Waals surface area (Å²) in [4.78, 5) is 12.8. The van der Waals surface area contributed by atoms with E-state index in [1.165, 1.54) is 0 Å². The van der Waals surface area contributed by atoms with E-state index in [2.05, 4.69) is 48.4 Å². The van der Waals surface area contributed by atoms with E-state index in [1.54, 1.807) is 0 Å². The Kier molecular flexibility index (Phi) is 6.01. The zero-order valence-corrected chi connectivity index (χ0v) is 18.6. The Hall–Kier alpha value is -2.37. The van der Waals surface area contributed by atoms with Crippen LogP contribution in [-0.2, 0) is 6.42 Å². The minimum Gasteiger partial charge on any atom is -0.488 e. The van der Waals surface area contributed by atoms with E-state index < -0.39 is 0 Å². The summed E-state index contributed by atoms with van der Waals surface area (Å²) in [6.45, 7) is 3.11. The van der Waals surface area contributed by atoms with Crippen molar-refractivity contribution in [3.8, 4) is 22.6 Å². The summed E-state index contributed by atoms with van der Waals surface area (Å²) in [7, 11) is 12.8. The third kappa shape index (κ3) is 5.81. The van der Waals surface area contributed by atoms with Gasteiger partial charge in [0.1, 0.15) is 37.8 Å². The van der Waals surface area contributed by atoms with Crippen LogP contribution in [0.1, 0.15) is 15.9 Å². The van der Waals surface area contributed by atoms with E-state index >= 15 is 0 Å². The van der Waals surface area contributed by atoms with E-state index in [-0.39, 0.29) is 5.78 Å². The van der Waals surface area contributed by atoms with Gasteiger partial charge in [0.05, 0.1) is 42.3 Å². The highest BCUT2D eigenvalue weighted by Gasteiger charge is 2.24. The largest absolute Gasteiger partial charge is 0.488 e. The van der Waals surface area contributed by atoms with Crippen LogP contribution in [0.3, 0.4) is 0 Å². The maximum atomic E-state index is 12.8. The first kappa shape index (κ1) is 21.3. The molecule has 5 heteroatoms. The topological polar surface area (TPSA) is 35.5 Å². The number of quaternary nitrogens is 2. The Balaban J connectivity index is 1.75. The van der Waals surface area contributed by atoms with Crippen molar-refractivity contribution in [3.05, 3.63) is 47.5 Å². The van der Waals surface area contributed by atoms with E-state index in [0.29, 0.717) is 19.6 Å². The SMILES string of the molecule is C[N+](C)(C)CCOc1ccc2c(c1)CC(=O)c1cc(OCC[N+](C)(C)C)ccc1-2. The highest BCUT2D eigenvalue weighted by molar-refractivity contribution is 6.07. The van der Waals surface area contributed by atoms with Crippen LogP contribution in [-0.4, -0.2) is 83.3 Å². The minimum atomic E-state index is 0.132. The summed E-state index contributed by atoms with van der Waals surface area (Å²) in [6, 6.07) is 11.9. The summed E-state index contributed by atoms with van der Waals surface area (Å²) in [6.07, 6.45) is 0.400. The molecule has 0 fully saturated rings. The van der Waals surface area contributed by atoms with Gasteiger partial charge in [-0.05, 0) is 47.0 Å². The standard InChI is InChI=1S/C24H34N2O3/c1-25(2,3)11-13-28-19-7-9-21-18(15-19)16-24(27)23-17-20(8-10-22(21)23)29-14-12-26(4,5)6/h7-10,15,17H,11-14,16H2,1-6H3/q+2. The molecule has 0 atom stereocenters. The number of ketones is 1. The number of benzene rings is 2. The number of Topliss-reactive ketones (excluding diaryl/α,β-unsaturated/α-hetero) is 1. The number of carbonyl (C=O) groups excluding carboxylic acids is 1. The molecule has 0 aromatic heterocycles. The van der Waals surface area contributed by atoms with Gasteiger partial charge in [0.15, 0.2) is 5.78 Å². The highest BCUT2D eigenvalue weighted by atomic mass is 16.5. The first-order chi connectivity index (χ1) is 13.5. The molecule has 0 amide bonds. The summed E-state index contributed by atoms with van der Waals surface area (Å²) in [5.41, 5.74) is 3.87. The van der Waals surface area contributed by atoms with Crippen molar-refractivity contribution < 1.29 is 23.2 Å². The van der Waals surface area contributed by atoms with Gasteiger partial charge in [-0.2, -0.15) is 0 Å². The summed E-state index contributed by atoms with van der Waals surface area (Å²) < 4.78 is 13.5. The molecule has 29 heavy (non-hydrogen) atoms. The van der Waals surface area contributed by atoms with Gasteiger partial charge in [-0.15, -0.1) is 0 Å². The van der Waals surface area contributed by atoms with Crippen molar-refractivity contribution in [1.29, 1.82) is 0 Å². The van der Waals surface area contributed by atoms with E-state index in [1.807, 2.05) is 30.3 Å². The van der Waals surface area contributed by atoms with Crippen molar-refractivity contribution in [3.63, 3.8) is 0 Å². The van der Waals surface area contributed by atoms with Crippen LogP contribution in [0.15, 0.2) is 36.4 Å². The maximum Gasteiger partial charge on any atom is 0.168 e. The molecule has 5 nitrogen and oxygen atoms in total. The summed E-state index contributed by atoms with van der Waals surface area (Å²) >= 11 is 0. The molecular formula is C24H34N2O3+2. The molecular weight excluding hydrogens is 364 g/mol. The fourth-order valence-corrected chi connectivity index (χ4v) is 3.29. The lowest BCUT2D eigenvalue weighted by molar-refractivity contribution is -0.870. The molecule has 156 valence electrons. The van der Waals surface area contributed by atoms with E-state index in [4.69, 9.17) is 9.47 Å². The number of fused-ring (bicyclic) bond motifs is 3. The van der Waals surface area contributed by atoms with Gasteiger partial charge in [0.25, 0.3) is 0 Å². The molecule has 0 heterocycles. The lowest BCUT2D eigenvalue weighted by Crippen LogP contribution is -2.38. The number of likely N-dealkylation sites (N-methyl/N-ethyl adjacent to an activating group) is 2. The van der Waals surface area contributed by atoms with Crippen molar-refractivity contribution >= 4 is 5.78 Å². The van der Waals surface area contributed by atoms with Gasteiger partial charge in [-0.3, -0.25) is 4.79 Å². The molecule has 0 bridgehead atoms. The molecule has 0 saturated carbocycles. The lowest BCUT2D eigenvalue weighted by atomic mass is 9.84. The van der Waals surface area contributed by atoms with Gasteiger partial charge >= 0.3 is 0 Å². The van der Waals surface area contributed by atoms with Crippen LogP contribution < -0.4 is 9.47 Å². The average molecular weight is 399 g/mol. The Morgan fingerprint density at radius 2 is 1.24 bits per heavy atom. The normalized spacial score (nSPS) is 13.7. The summed E-state index contributed by atoms with van der Waals surface area (Å²) in [5.74, 6) is 1.72. The molecule has 0 spiro atoms. The van der Waals surface area contributed by atoms with Gasteiger partial charge in [-0.1, -0.05) is 6.07 Å².